The Hall–Kier alpha value is -2.18. The number of rotatable bonds is 4. The summed E-state index contributed by atoms with van der Waals surface area (Å²) < 4.78 is 26.1. The normalized spacial score (nSPS) is 12.3. The van der Waals surface area contributed by atoms with Crippen molar-refractivity contribution in [3.8, 4) is 0 Å². The van der Waals surface area contributed by atoms with Gasteiger partial charge in [0, 0.05) is 6.07 Å². The van der Waals surface area contributed by atoms with Gasteiger partial charge in [-0.2, -0.15) is 0 Å². The number of benzene rings is 1. The first kappa shape index (κ1) is 14.9. The number of nitrogens with zero attached hydrogens (tertiary/aromatic N) is 1. The lowest BCUT2D eigenvalue weighted by atomic mass is 10.0. The maximum Gasteiger partial charge on any atom is 0.225 e. The molecule has 0 heterocycles. The number of halogens is 2. The highest BCUT2D eigenvalue weighted by Crippen LogP contribution is 2.11. The van der Waals surface area contributed by atoms with Crippen LogP contribution >= 0.6 is 0 Å². The minimum absolute atomic E-state index is 0.0641. The molecule has 0 spiro atoms. The summed E-state index contributed by atoms with van der Waals surface area (Å²) in [5.74, 6) is -2.21. The molecule has 0 radical (unpaired) electrons. The minimum Gasteiger partial charge on any atom is -0.409 e. The molecule has 1 aromatic carbocycles. The molecule has 104 valence electrons. The molecule has 0 aromatic heterocycles. The van der Waals surface area contributed by atoms with Crippen molar-refractivity contribution < 1.29 is 18.8 Å². The van der Waals surface area contributed by atoms with Crippen molar-refractivity contribution in [1.29, 1.82) is 0 Å². The van der Waals surface area contributed by atoms with Gasteiger partial charge >= 0.3 is 0 Å². The molecule has 7 heteroatoms. The number of hydrogen-bond acceptors (Lipinski definition) is 3. The average molecular weight is 271 g/mol. The topological polar surface area (TPSA) is 87.7 Å². The second-order valence-electron chi connectivity index (χ2n) is 4.57. The zero-order chi connectivity index (χ0) is 14.6. The first-order valence-electron chi connectivity index (χ1n) is 5.49. The third kappa shape index (κ3) is 3.90. The molecule has 0 fully saturated rings. The summed E-state index contributed by atoms with van der Waals surface area (Å²) in [6, 6.07) is 2.97. The third-order valence-electron chi connectivity index (χ3n) is 2.57. The van der Waals surface area contributed by atoms with Crippen LogP contribution in [0.3, 0.4) is 0 Å². The minimum atomic E-state index is -1.07. The van der Waals surface area contributed by atoms with Crippen molar-refractivity contribution in [1.82, 2.24) is 5.32 Å². The highest BCUT2D eigenvalue weighted by molar-refractivity contribution is 5.93. The van der Waals surface area contributed by atoms with E-state index < -0.39 is 23.1 Å². The number of amides is 1. The van der Waals surface area contributed by atoms with Crippen LogP contribution in [-0.2, 0) is 11.2 Å². The van der Waals surface area contributed by atoms with E-state index in [0.29, 0.717) is 6.07 Å². The van der Waals surface area contributed by atoms with Gasteiger partial charge in [-0.25, -0.2) is 8.78 Å². The second kappa shape index (κ2) is 5.64. The van der Waals surface area contributed by atoms with E-state index in [4.69, 9.17) is 10.9 Å². The number of hydrogen-bond donors (Lipinski definition) is 3. The Balaban J connectivity index is 2.76. The molecule has 4 N–H and O–H groups in total. The summed E-state index contributed by atoms with van der Waals surface area (Å²) in [5.41, 5.74) is 4.40. The van der Waals surface area contributed by atoms with Crippen molar-refractivity contribution >= 4 is 11.7 Å². The predicted molar refractivity (Wildman–Crippen MR) is 65.7 cm³/mol. The Morgan fingerprint density at radius 2 is 2.11 bits per heavy atom. The van der Waals surface area contributed by atoms with Gasteiger partial charge in [-0.3, -0.25) is 4.79 Å². The molecule has 0 aliphatic rings. The fourth-order valence-corrected chi connectivity index (χ4v) is 1.42. The zero-order valence-corrected chi connectivity index (χ0v) is 10.6. The molecule has 1 aromatic rings. The molecule has 0 atom stereocenters. The summed E-state index contributed by atoms with van der Waals surface area (Å²) in [7, 11) is 0. The molecule has 0 aliphatic carbocycles. The molecular weight excluding hydrogens is 256 g/mol. The van der Waals surface area contributed by atoms with Gasteiger partial charge in [0.25, 0.3) is 0 Å². The van der Waals surface area contributed by atoms with Crippen molar-refractivity contribution in [2.45, 2.75) is 25.8 Å². The van der Waals surface area contributed by atoms with Crippen LogP contribution < -0.4 is 11.1 Å². The van der Waals surface area contributed by atoms with E-state index in [1.807, 2.05) is 0 Å². The first-order valence-corrected chi connectivity index (χ1v) is 5.49. The van der Waals surface area contributed by atoms with Gasteiger partial charge in [0.05, 0.1) is 12.0 Å². The quantitative estimate of drug-likeness (QED) is 0.332. The van der Waals surface area contributed by atoms with Crippen LogP contribution in [0, 0.1) is 11.6 Å². The van der Waals surface area contributed by atoms with Gasteiger partial charge in [0.2, 0.25) is 5.91 Å². The van der Waals surface area contributed by atoms with Gasteiger partial charge in [0.15, 0.2) is 5.84 Å². The van der Waals surface area contributed by atoms with Crippen LogP contribution in [0.5, 0.6) is 0 Å². The molecular formula is C12H15F2N3O2. The number of oxime groups is 1. The summed E-state index contributed by atoms with van der Waals surface area (Å²) in [6.07, 6.45) is -0.270. The van der Waals surface area contributed by atoms with Gasteiger partial charge < -0.3 is 16.3 Å². The summed E-state index contributed by atoms with van der Waals surface area (Å²) in [4.78, 5) is 11.7. The summed E-state index contributed by atoms with van der Waals surface area (Å²) >= 11 is 0. The number of nitrogens with two attached hydrogens (primary N) is 1. The molecule has 0 bridgehead atoms. The first-order chi connectivity index (χ1) is 8.76. The van der Waals surface area contributed by atoms with Crippen LogP contribution in [-0.4, -0.2) is 22.5 Å². The Labute approximate surface area is 109 Å². The van der Waals surface area contributed by atoms with E-state index in [-0.39, 0.29) is 17.8 Å². The van der Waals surface area contributed by atoms with E-state index in [2.05, 4.69) is 10.5 Å². The standard InChI is InChI=1S/C12H15F2N3O2/c1-12(2,11(15)17-19)16-10(18)5-7-3-4-8(13)6-9(7)14/h3-4,6,19H,5H2,1-2H3,(H2,15,17)(H,16,18). The molecule has 1 rings (SSSR count). The molecule has 0 saturated carbocycles. The second-order valence-corrected chi connectivity index (χ2v) is 4.57. The predicted octanol–water partition coefficient (Wildman–Crippen LogP) is 1.15. The van der Waals surface area contributed by atoms with Gasteiger partial charge in [-0.05, 0) is 25.5 Å². The number of amidine groups is 1. The molecule has 0 saturated heterocycles. The van der Waals surface area contributed by atoms with Crippen LogP contribution in [0.25, 0.3) is 0 Å². The van der Waals surface area contributed by atoms with Crippen molar-refractivity contribution in [2.24, 2.45) is 10.9 Å². The molecule has 5 nitrogen and oxygen atoms in total. The van der Waals surface area contributed by atoms with Gasteiger partial charge in [-0.15, -0.1) is 0 Å². The molecule has 1 amide bonds. The third-order valence-corrected chi connectivity index (χ3v) is 2.57. The average Bonchev–Trinajstić information content (AvgIpc) is 2.31. The lowest BCUT2D eigenvalue weighted by molar-refractivity contribution is -0.121. The van der Waals surface area contributed by atoms with E-state index in [1.54, 1.807) is 0 Å². The maximum absolute atomic E-state index is 13.4. The van der Waals surface area contributed by atoms with E-state index in [0.717, 1.165) is 6.07 Å². The Morgan fingerprint density at radius 1 is 1.47 bits per heavy atom. The van der Waals surface area contributed by atoms with Crippen molar-refractivity contribution in [3.63, 3.8) is 0 Å². The smallest absolute Gasteiger partial charge is 0.225 e. The maximum atomic E-state index is 13.4. The number of nitrogens with one attached hydrogen (secondary N) is 1. The lowest BCUT2D eigenvalue weighted by Crippen LogP contribution is -2.53. The van der Waals surface area contributed by atoms with Crippen molar-refractivity contribution in [3.05, 3.63) is 35.4 Å². The lowest BCUT2D eigenvalue weighted by Gasteiger charge is -2.24. The molecule has 0 unspecified atom stereocenters. The van der Waals surface area contributed by atoms with E-state index in [9.17, 15) is 13.6 Å². The van der Waals surface area contributed by atoms with E-state index in [1.165, 1.54) is 19.9 Å². The number of carbonyl (C=O) groups excluding carboxylic acids is 1. The summed E-state index contributed by atoms with van der Waals surface area (Å²) in [5, 5.41) is 13.8. The molecule has 0 aliphatic heterocycles. The van der Waals surface area contributed by atoms with Gasteiger partial charge in [0.1, 0.15) is 11.6 Å². The highest BCUT2D eigenvalue weighted by atomic mass is 19.1. The fourth-order valence-electron chi connectivity index (χ4n) is 1.42. The zero-order valence-electron chi connectivity index (χ0n) is 10.6. The Bertz CT molecular complexity index is 516. The van der Waals surface area contributed by atoms with Crippen LogP contribution in [0.1, 0.15) is 19.4 Å². The largest absolute Gasteiger partial charge is 0.409 e. The summed E-state index contributed by atoms with van der Waals surface area (Å²) in [6.45, 7) is 3.06. The van der Waals surface area contributed by atoms with Crippen molar-refractivity contribution in [2.75, 3.05) is 0 Å². The SMILES string of the molecule is CC(C)(NC(=O)Cc1ccc(F)cc1F)C(N)=NO. The Kier molecular flexibility index (Phi) is 4.42. The Morgan fingerprint density at radius 3 is 2.63 bits per heavy atom. The monoisotopic (exact) mass is 271 g/mol. The van der Waals surface area contributed by atoms with Crippen LogP contribution in [0.4, 0.5) is 8.78 Å². The fraction of sp³-hybridized carbons (Fsp3) is 0.333. The number of carbonyl (C=O) groups is 1. The van der Waals surface area contributed by atoms with Gasteiger partial charge in [-0.1, -0.05) is 11.2 Å². The van der Waals surface area contributed by atoms with Crippen LogP contribution in [0.15, 0.2) is 23.4 Å². The highest BCUT2D eigenvalue weighted by Gasteiger charge is 2.26. The molecule has 19 heavy (non-hydrogen) atoms. The van der Waals surface area contributed by atoms with E-state index >= 15 is 0 Å². The van der Waals surface area contributed by atoms with Crippen LogP contribution in [0.2, 0.25) is 0 Å².